The van der Waals surface area contributed by atoms with Crippen LogP contribution in [0.3, 0.4) is 0 Å². The summed E-state index contributed by atoms with van der Waals surface area (Å²) in [7, 11) is 0. The molecule has 1 atom stereocenters. The lowest BCUT2D eigenvalue weighted by molar-refractivity contribution is 0.173. The number of fused-ring (bicyclic) bond motifs is 1. The van der Waals surface area contributed by atoms with Gasteiger partial charge in [-0.1, -0.05) is 42.8 Å². The number of ether oxygens (including phenoxy) is 2. The van der Waals surface area contributed by atoms with Crippen LogP contribution in [0.2, 0.25) is 0 Å². The predicted octanol–water partition coefficient (Wildman–Crippen LogP) is 3.22. The maximum absolute atomic E-state index is 9.93. The minimum atomic E-state index is -0.337. The Hall–Kier alpha value is -2.00. The molecule has 0 aromatic heterocycles. The summed E-state index contributed by atoms with van der Waals surface area (Å²) in [5.41, 5.74) is 3.19. The molecule has 3 nitrogen and oxygen atoms in total. The first kappa shape index (κ1) is 14.0. The molecule has 2 aromatic carbocycles. The molecular weight excluding hydrogens is 264 g/mol. The molecule has 0 radical (unpaired) electrons. The van der Waals surface area contributed by atoms with Gasteiger partial charge >= 0.3 is 0 Å². The van der Waals surface area contributed by atoms with Gasteiger partial charge in [-0.15, -0.1) is 0 Å². The Morgan fingerprint density at radius 2 is 1.76 bits per heavy atom. The number of rotatable bonds is 4. The SMILES string of the molecule is Cc1ccc(CC(C)(CO)c2ccc3c(c2)OCO3)cc1. The van der Waals surface area contributed by atoms with Crippen LogP contribution in [0.1, 0.15) is 23.6 Å². The molecular formula is C18H20O3. The first-order chi connectivity index (χ1) is 10.1. The van der Waals surface area contributed by atoms with E-state index < -0.39 is 0 Å². The summed E-state index contributed by atoms with van der Waals surface area (Å²) in [6.45, 7) is 4.50. The molecule has 1 aliphatic rings. The highest BCUT2D eigenvalue weighted by Crippen LogP contribution is 2.37. The van der Waals surface area contributed by atoms with E-state index >= 15 is 0 Å². The zero-order valence-electron chi connectivity index (χ0n) is 12.4. The van der Waals surface area contributed by atoms with Gasteiger partial charge in [0.25, 0.3) is 0 Å². The first-order valence-electron chi connectivity index (χ1n) is 7.17. The Labute approximate surface area is 125 Å². The Bertz CT molecular complexity index is 633. The third-order valence-corrected chi connectivity index (χ3v) is 4.13. The van der Waals surface area contributed by atoms with Gasteiger partial charge in [0.05, 0.1) is 6.61 Å². The van der Waals surface area contributed by atoms with Gasteiger partial charge in [0.2, 0.25) is 6.79 Å². The normalized spacial score (nSPS) is 15.8. The monoisotopic (exact) mass is 284 g/mol. The highest BCUT2D eigenvalue weighted by atomic mass is 16.7. The van der Waals surface area contributed by atoms with E-state index in [4.69, 9.17) is 9.47 Å². The van der Waals surface area contributed by atoms with Crippen LogP contribution >= 0.6 is 0 Å². The molecule has 0 saturated carbocycles. The second-order valence-electron chi connectivity index (χ2n) is 5.95. The number of benzene rings is 2. The molecule has 0 spiro atoms. The van der Waals surface area contributed by atoms with E-state index in [2.05, 4.69) is 38.1 Å². The summed E-state index contributed by atoms with van der Waals surface area (Å²) >= 11 is 0. The van der Waals surface area contributed by atoms with Crippen LogP contribution in [-0.2, 0) is 11.8 Å². The lowest BCUT2D eigenvalue weighted by atomic mass is 9.78. The smallest absolute Gasteiger partial charge is 0.231 e. The van der Waals surface area contributed by atoms with Gasteiger partial charge in [0, 0.05) is 5.41 Å². The molecule has 2 aromatic rings. The summed E-state index contributed by atoms with van der Waals surface area (Å²) in [5.74, 6) is 1.53. The lowest BCUT2D eigenvalue weighted by Crippen LogP contribution is -2.29. The standard InChI is InChI=1S/C18H20O3/c1-13-3-5-14(6-4-13)10-18(2,11-19)15-7-8-16-17(9-15)21-12-20-16/h3-9,19H,10-12H2,1-2H3. The Balaban J connectivity index is 1.90. The minimum absolute atomic E-state index is 0.0838. The summed E-state index contributed by atoms with van der Waals surface area (Å²) in [6.07, 6.45) is 0.781. The van der Waals surface area contributed by atoms with Crippen molar-refractivity contribution in [2.75, 3.05) is 13.4 Å². The highest BCUT2D eigenvalue weighted by molar-refractivity contribution is 5.47. The third kappa shape index (κ3) is 2.74. The van der Waals surface area contributed by atoms with Crippen molar-refractivity contribution in [1.29, 1.82) is 0 Å². The summed E-state index contributed by atoms with van der Waals surface area (Å²) < 4.78 is 10.8. The van der Waals surface area contributed by atoms with Gasteiger partial charge in [-0.2, -0.15) is 0 Å². The van der Waals surface area contributed by atoms with E-state index in [0.717, 1.165) is 23.5 Å². The third-order valence-electron chi connectivity index (χ3n) is 4.13. The second-order valence-corrected chi connectivity index (χ2v) is 5.95. The van der Waals surface area contributed by atoms with Crippen LogP contribution in [0, 0.1) is 6.92 Å². The van der Waals surface area contributed by atoms with Crippen LogP contribution in [0.4, 0.5) is 0 Å². The Kier molecular flexibility index (Phi) is 3.60. The van der Waals surface area contributed by atoms with Crippen molar-refractivity contribution < 1.29 is 14.6 Å². The van der Waals surface area contributed by atoms with E-state index in [1.165, 1.54) is 11.1 Å². The maximum atomic E-state index is 9.93. The number of aryl methyl sites for hydroxylation is 1. The van der Waals surface area contributed by atoms with Crippen molar-refractivity contribution in [2.45, 2.75) is 25.7 Å². The van der Waals surface area contributed by atoms with Crippen molar-refractivity contribution in [1.82, 2.24) is 0 Å². The molecule has 3 rings (SSSR count). The Morgan fingerprint density at radius 3 is 2.48 bits per heavy atom. The molecule has 1 heterocycles. The van der Waals surface area contributed by atoms with Gasteiger partial charge in [-0.25, -0.2) is 0 Å². The minimum Gasteiger partial charge on any atom is -0.454 e. The fraction of sp³-hybridized carbons (Fsp3) is 0.333. The summed E-state index contributed by atoms with van der Waals surface area (Å²) in [4.78, 5) is 0. The van der Waals surface area contributed by atoms with Crippen LogP contribution in [0.5, 0.6) is 11.5 Å². The molecule has 0 saturated heterocycles. The number of aliphatic hydroxyl groups excluding tert-OH is 1. The zero-order chi connectivity index (χ0) is 14.9. The van der Waals surface area contributed by atoms with Crippen LogP contribution in [0.25, 0.3) is 0 Å². The van der Waals surface area contributed by atoms with Gasteiger partial charge in [0.1, 0.15) is 0 Å². The maximum Gasteiger partial charge on any atom is 0.231 e. The number of hydrogen-bond donors (Lipinski definition) is 1. The predicted molar refractivity (Wildman–Crippen MR) is 81.9 cm³/mol. The van der Waals surface area contributed by atoms with E-state index in [-0.39, 0.29) is 18.8 Å². The molecule has 1 unspecified atom stereocenters. The van der Waals surface area contributed by atoms with Crippen molar-refractivity contribution in [2.24, 2.45) is 0 Å². The van der Waals surface area contributed by atoms with E-state index in [1.807, 2.05) is 18.2 Å². The highest BCUT2D eigenvalue weighted by Gasteiger charge is 2.28. The molecule has 3 heteroatoms. The van der Waals surface area contributed by atoms with Crippen molar-refractivity contribution in [3.8, 4) is 11.5 Å². The van der Waals surface area contributed by atoms with Gasteiger partial charge in [-0.05, 0) is 36.6 Å². The van der Waals surface area contributed by atoms with Crippen molar-refractivity contribution >= 4 is 0 Å². The molecule has 1 N–H and O–H groups in total. The average molecular weight is 284 g/mol. The van der Waals surface area contributed by atoms with Crippen molar-refractivity contribution in [3.63, 3.8) is 0 Å². The second kappa shape index (κ2) is 5.41. The fourth-order valence-corrected chi connectivity index (χ4v) is 2.68. The largest absolute Gasteiger partial charge is 0.454 e. The fourth-order valence-electron chi connectivity index (χ4n) is 2.68. The van der Waals surface area contributed by atoms with Crippen LogP contribution in [0.15, 0.2) is 42.5 Å². The van der Waals surface area contributed by atoms with E-state index in [0.29, 0.717) is 0 Å². The molecule has 0 bridgehead atoms. The van der Waals surface area contributed by atoms with Crippen LogP contribution in [-0.4, -0.2) is 18.5 Å². The molecule has 0 fully saturated rings. The van der Waals surface area contributed by atoms with Gasteiger partial charge in [0.15, 0.2) is 11.5 Å². The molecule has 0 aliphatic carbocycles. The average Bonchev–Trinajstić information content (AvgIpc) is 2.97. The summed E-state index contributed by atoms with van der Waals surface area (Å²) in [6, 6.07) is 14.4. The van der Waals surface area contributed by atoms with Crippen molar-refractivity contribution in [3.05, 3.63) is 59.2 Å². The molecule has 110 valence electrons. The van der Waals surface area contributed by atoms with E-state index in [1.54, 1.807) is 0 Å². The zero-order valence-corrected chi connectivity index (χ0v) is 12.4. The molecule has 0 amide bonds. The van der Waals surface area contributed by atoms with Gasteiger partial charge < -0.3 is 14.6 Å². The summed E-state index contributed by atoms with van der Waals surface area (Å²) in [5, 5.41) is 9.93. The quantitative estimate of drug-likeness (QED) is 0.937. The van der Waals surface area contributed by atoms with Gasteiger partial charge in [-0.3, -0.25) is 0 Å². The number of aliphatic hydroxyl groups is 1. The lowest BCUT2D eigenvalue weighted by Gasteiger charge is -2.28. The first-order valence-corrected chi connectivity index (χ1v) is 7.17. The van der Waals surface area contributed by atoms with E-state index in [9.17, 15) is 5.11 Å². The molecule has 1 aliphatic heterocycles. The topological polar surface area (TPSA) is 38.7 Å². The molecule has 21 heavy (non-hydrogen) atoms. The number of hydrogen-bond acceptors (Lipinski definition) is 3. The Morgan fingerprint density at radius 1 is 1.05 bits per heavy atom. The van der Waals surface area contributed by atoms with Crippen LogP contribution < -0.4 is 9.47 Å².